The van der Waals surface area contributed by atoms with Crippen molar-refractivity contribution in [3.63, 3.8) is 0 Å². The van der Waals surface area contributed by atoms with Crippen molar-refractivity contribution in [2.45, 2.75) is 20.3 Å². The van der Waals surface area contributed by atoms with Crippen LogP contribution in [0.3, 0.4) is 0 Å². The first-order chi connectivity index (χ1) is 13.4. The Morgan fingerprint density at radius 1 is 1.32 bits per heavy atom. The van der Waals surface area contributed by atoms with Crippen molar-refractivity contribution in [1.82, 2.24) is 14.5 Å². The third-order valence-corrected chi connectivity index (χ3v) is 5.19. The lowest BCUT2D eigenvalue weighted by Gasteiger charge is -2.24. The van der Waals surface area contributed by atoms with E-state index < -0.39 is 5.91 Å². The number of fused-ring (bicyclic) bond motifs is 1. The summed E-state index contributed by atoms with van der Waals surface area (Å²) in [6, 6.07) is 7.41. The zero-order valence-corrected chi connectivity index (χ0v) is 15.7. The highest BCUT2D eigenvalue weighted by atomic mass is 16.3. The van der Waals surface area contributed by atoms with E-state index in [1.165, 1.54) is 0 Å². The third kappa shape index (κ3) is 2.63. The van der Waals surface area contributed by atoms with Gasteiger partial charge < -0.3 is 16.6 Å². The molecule has 0 radical (unpaired) electrons. The molecule has 3 heterocycles. The van der Waals surface area contributed by atoms with E-state index in [2.05, 4.69) is 9.97 Å². The number of nitrogens with two attached hydrogens (primary N) is 2. The Balaban J connectivity index is 2.04. The number of nitrogen functional groups attached to an aromatic ring is 1. The van der Waals surface area contributed by atoms with Crippen molar-refractivity contribution >= 4 is 28.5 Å². The smallest absolute Gasteiger partial charge is 0.253 e. The maximum atomic E-state index is 12.2. The number of anilines is 1. The van der Waals surface area contributed by atoms with Gasteiger partial charge in [-0.1, -0.05) is 13.0 Å². The van der Waals surface area contributed by atoms with E-state index in [-0.39, 0.29) is 23.1 Å². The molecule has 1 aliphatic carbocycles. The van der Waals surface area contributed by atoms with Gasteiger partial charge in [0.1, 0.15) is 17.2 Å². The number of hydrogen-bond acceptors (Lipinski definition) is 5. The number of aliphatic hydroxyl groups is 1. The Morgan fingerprint density at radius 3 is 2.79 bits per heavy atom. The molecular formula is C21H21N5O2. The fourth-order valence-electron chi connectivity index (χ4n) is 3.80. The molecule has 0 aromatic carbocycles. The number of amides is 1. The Labute approximate surface area is 162 Å². The van der Waals surface area contributed by atoms with E-state index in [4.69, 9.17) is 11.5 Å². The number of pyridine rings is 2. The fraction of sp³-hybridized carbons (Fsp3) is 0.190. The second-order valence-electron chi connectivity index (χ2n) is 7.01. The maximum absolute atomic E-state index is 12.2. The van der Waals surface area contributed by atoms with Crippen LogP contribution in [0.25, 0.3) is 28.0 Å². The predicted octanol–water partition coefficient (Wildman–Crippen LogP) is 3.49. The van der Waals surface area contributed by atoms with Crippen LogP contribution >= 0.6 is 0 Å². The van der Waals surface area contributed by atoms with Gasteiger partial charge >= 0.3 is 0 Å². The van der Waals surface area contributed by atoms with Gasteiger partial charge in [0.2, 0.25) is 0 Å². The molecule has 0 saturated heterocycles. The molecule has 7 nitrogen and oxygen atoms in total. The topological polar surface area (TPSA) is 120 Å². The SMILES string of the molecule is CC1=C(n2c(N)c(C(N)=O)c3cc(-c4ccccn4)cnc32)[C@H](C)CC=C1O. The van der Waals surface area contributed by atoms with Gasteiger partial charge in [-0.15, -0.1) is 0 Å². The average molecular weight is 375 g/mol. The predicted molar refractivity (Wildman–Crippen MR) is 109 cm³/mol. The van der Waals surface area contributed by atoms with E-state index in [1.807, 2.05) is 38.1 Å². The Bertz CT molecular complexity index is 1160. The van der Waals surface area contributed by atoms with Crippen molar-refractivity contribution < 1.29 is 9.90 Å². The normalized spacial score (nSPS) is 17.1. The molecule has 3 aromatic heterocycles. The van der Waals surface area contributed by atoms with Crippen molar-refractivity contribution in [1.29, 1.82) is 0 Å². The number of carbonyl (C=O) groups is 1. The summed E-state index contributed by atoms with van der Waals surface area (Å²) in [5.41, 5.74) is 15.8. The van der Waals surface area contributed by atoms with Crippen molar-refractivity contribution in [3.8, 4) is 11.3 Å². The van der Waals surface area contributed by atoms with E-state index in [0.717, 1.165) is 17.0 Å². The van der Waals surface area contributed by atoms with Crippen LogP contribution in [-0.4, -0.2) is 25.5 Å². The van der Waals surface area contributed by atoms with Gasteiger partial charge in [-0.25, -0.2) is 4.98 Å². The lowest BCUT2D eigenvalue weighted by molar-refractivity contribution is 0.100. The Hall–Kier alpha value is -3.61. The largest absolute Gasteiger partial charge is 0.508 e. The number of aliphatic hydroxyl groups excluding tert-OH is 1. The van der Waals surface area contributed by atoms with Crippen LogP contribution in [0.2, 0.25) is 0 Å². The highest BCUT2D eigenvalue weighted by molar-refractivity contribution is 6.12. The van der Waals surface area contributed by atoms with Crippen molar-refractivity contribution in [2.75, 3.05) is 5.73 Å². The monoisotopic (exact) mass is 375 g/mol. The molecule has 1 aliphatic rings. The number of carbonyl (C=O) groups excluding carboxylic acids is 1. The highest BCUT2D eigenvalue weighted by Crippen LogP contribution is 2.39. The Morgan fingerprint density at radius 2 is 2.11 bits per heavy atom. The summed E-state index contributed by atoms with van der Waals surface area (Å²) in [6.07, 6.45) is 5.84. The first kappa shape index (κ1) is 17.8. The van der Waals surface area contributed by atoms with E-state index in [9.17, 15) is 9.90 Å². The van der Waals surface area contributed by atoms with Crippen molar-refractivity contribution in [2.24, 2.45) is 11.7 Å². The van der Waals surface area contributed by atoms with Gasteiger partial charge in [0.05, 0.1) is 11.3 Å². The molecule has 142 valence electrons. The molecule has 7 heteroatoms. The van der Waals surface area contributed by atoms with Gasteiger partial charge in [-0.05, 0) is 37.6 Å². The standard InChI is InChI=1S/C21H21N5O2/c1-11-6-7-16(27)12(2)18(11)26-19(22)17(20(23)28)14-9-13(10-25-21(14)26)15-5-3-4-8-24-15/h3-5,7-11,27H,6,22H2,1-2H3,(H2,23,28)/t11-/m1/s1. The number of allylic oxidation sites excluding steroid dienone is 3. The lowest BCUT2D eigenvalue weighted by Crippen LogP contribution is -2.17. The molecule has 0 fully saturated rings. The van der Waals surface area contributed by atoms with E-state index >= 15 is 0 Å². The highest BCUT2D eigenvalue weighted by Gasteiger charge is 2.28. The van der Waals surface area contributed by atoms with Gasteiger partial charge in [-0.2, -0.15) is 0 Å². The first-order valence-corrected chi connectivity index (χ1v) is 9.02. The van der Waals surface area contributed by atoms with Gasteiger partial charge in [0.15, 0.2) is 0 Å². The molecule has 1 atom stereocenters. The van der Waals surface area contributed by atoms with Crippen LogP contribution in [0.15, 0.2) is 54.1 Å². The van der Waals surface area contributed by atoms with E-state index in [0.29, 0.717) is 23.0 Å². The quantitative estimate of drug-likeness (QED) is 0.647. The molecule has 0 saturated carbocycles. The van der Waals surface area contributed by atoms with Crippen LogP contribution in [0.4, 0.5) is 5.82 Å². The molecule has 0 aliphatic heterocycles. The minimum absolute atomic E-state index is 0.0896. The van der Waals surface area contributed by atoms with Crippen LogP contribution in [0.1, 0.15) is 30.6 Å². The summed E-state index contributed by atoms with van der Waals surface area (Å²) in [4.78, 5) is 21.1. The molecule has 0 spiro atoms. The zero-order valence-electron chi connectivity index (χ0n) is 15.7. The number of hydrogen-bond donors (Lipinski definition) is 3. The zero-order chi connectivity index (χ0) is 20.0. The maximum Gasteiger partial charge on any atom is 0.253 e. The Kier molecular flexibility index (Phi) is 4.15. The van der Waals surface area contributed by atoms with Crippen LogP contribution in [0.5, 0.6) is 0 Å². The average Bonchev–Trinajstić information content (AvgIpc) is 2.97. The summed E-state index contributed by atoms with van der Waals surface area (Å²) >= 11 is 0. The molecule has 5 N–H and O–H groups in total. The molecular weight excluding hydrogens is 354 g/mol. The summed E-state index contributed by atoms with van der Waals surface area (Å²) in [5.74, 6) is -0.0985. The fourth-order valence-corrected chi connectivity index (χ4v) is 3.80. The van der Waals surface area contributed by atoms with Crippen LogP contribution in [-0.2, 0) is 0 Å². The second kappa shape index (κ2) is 6.53. The minimum Gasteiger partial charge on any atom is -0.508 e. The summed E-state index contributed by atoms with van der Waals surface area (Å²) < 4.78 is 1.74. The van der Waals surface area contributed by atoms with Gasteiger partial charge in [0.25, 0.3) is 5.91 Å². The van der Waals surface area contributed by atoms with Crippen molar-refractivity contribution in [3.05, 3.63) is 59.6 Å². The molecule has 3 aromatic rings. The van der Waals surface area contributed by atoms with Crippen LogP contribution < -0.4 is 11.5 Å². The first-order valence-electron chi connectivity index (χ1n) is 9.02. The molecule has 1 amide bonds. The number of primary amides is 1. The number of nitrogens with zero attached hydrogens (tertiary/aromatic N) is 3. The van der Waals surface area contributed by atoms with Gasteiger partial charge in [0, 0.05) is 40.5 Å². The second-order valence-corrected chi connectivity index (χ2v) is 7.01. The van der Waals surface area contributed by atoms with Gasteiger partial charge in [-0.3, -0.25) is 14.3 Å². The minimum atomic E-state index is -0.622. The summed E-state index contributed by atoms with van der Waals surface area (Å²) in [5, 5.41) is 10.8. The number of rotatable bonds is 3. The third-order valence-electron chi connectivity index (χ3n) is 5.19. The molecule has 0 bridgehead atoms. The van der Waals surface area contributed by atoms with Crippen LogP contribution in [0, 0.1) is 5.92 Å². The summed E-state index contributed by atoms with van der Waals surface area (Å²) in [7, 11) is 0. The van der Waals surface area contributed by atoms with E-state index in [1.54, 1.807) is 23.0 Å². The molecule has 4 rings (SSSR count). The number of aromatic nitrogens is 3. The molecule has 0 unspecified atom stereocenters. The molecule has 28 heavy (non-hydrogen) atoms. The summed E-state index contributed by atoms with van der Waals surface area (Å²) in [6.45, 7) is 3.87. The lowest BCUT2D eigenvalue weighted by atomic mass is 9.93.